The number of anilines is 2. The van der Waals surface area contributed by atoms with Crippen LogP contribution in [0.4, 0.5) is 11.6 Å². The van der Waals surface area contributed by atoms with E-state index in [2.05, 4.69) is 33.7 Å². The summed E-state index contributed by atoms with van der Waals surface area (Å²) in [6, 6.07) is 9.53. The minimum atomic E-state index is -0.294. The predicted octanol–water partition coefficient (Wildman–Crippen LogP) is 3.88. The van der Waals surface area contributed by atoms with Crippen LogP contribution in [-0.2, 0) is 4.79 Å². The van der Waals surface area contributed by atoms with Crippen molar-refractivity contribution < 1.29 is 4.79 Å². The van der Waals surface area contributed by atoms with E-state index in [1.165, 1.54) is 6.33 Å². The number of nitrogens with one attached hydrogen (secondary N) is 2. The largest absolute Gasteiger partial charge is 0.328 e. The monoisotopic (exact) mass is 365 g/mol. The standard InChI is InChI=1S/C19H19N5OS/c1-11-6-4-5-7-14(11)23-18(25)15-13(3)22-19-20-10-21-24(19)16(15)17-12(2)8-9-26-17/h4-10,16H,1-3H3,(H,23,25)(H,20,21,22)/t16-/m0/s1. The van der Waals surface area contributed by atoms with Crippen LogP contribution in [0.5, 0.6) is 0 Å². The fourth-order valence-electron chi connectivity index (χ4n) is 3.19. The predicted molar refractivity (Wildman–Crippen MR) is 103 cm³/mol. The lowest BCUT2D eigenvalue weighted by Crippen LogP contribution is -2.31. The Bertz CT molecular complexity index is 1020. The van der Waals surface area contributed by atoms with Gasteiger partial charge in [0.25, 0.3) is 5.91 Å². The Morgan fingerprint density at radius 2 is 2.00 bits per heavy atom. The smallest absolute Gasteiger partial charge is 0.255 e. The van der Waals surface area contributed by atoms with Gasteiger partial charge in [0.1, 0.15) is 12.4 Å². The minimum Gasteiger partial charge on any atom is -0.328 e. The summed E-state index contributed by atoms with van der Waals surface area (Å²) >= 11 is 1.63. The van der Waals surface area contributed by atoms with Gasteiger partial charge in [-0.2, -0.15) is 10.1 Å². The lowest BCUT2D eigenvalue weighted by atomic mass is 9.98. The first kappa shape index (κ1) is 16.5. The molecule has 0 saturated carbocycles. The lowest BCUT2D eigenvalue weighted by Gasteiger charge is -2.28. The van der Waals surface area contributed by atoms with E-state index in [1.807, 2.05) is 43.5 Å². The number of fused-ring (bicyclic) bond motifs is 1. The van der Waals surface area contributed by atoms with Gasteiger partial charge in [0.05, 0.1) is 5.57 Å². The molecule has 1 aliphatic rings. The summed E-state index contributed by atoms with van der Waals surface area (Å²) < 4.78 is 1.78. The third-order valence-electron chi connectivity index (χ3n) is 4.58. The van der Waals surface area contributed by atoms with Crippen molar-refractivity contribution in [2.45, 2.75) is 26.8 Å². The van der Waals surface area contributed by atoms with Gasteiger partial charge in [-0.3, -0.25) is 4.79 Å². The molecule has 0 unspecified atom stereocenters. The zero-order valence-corrected chi connectivity index (χ0v) is 15.6. The third kappa shape index (κ3) is 2.70. The third-order valence-corrected chi connectivity index (χ3v) is 5.65. The first-order valence-electron chi connectivity index (χ1n) is 8.34. The number of para-hydroxylation sites is 1. The Labute approximate surface area is 155 Å². The maximum absolute atomic E-state index is 13.2. The Kier molecular flexibility index (Phi) is 4.08. The van der Waals surface area contributed by atoms with E-state index in [4.69, 9.17) is 0 Å². The zero-order valence-electron chi connectivity index (χ0n) is 14.8. The molecule has 2 aromatic heterocycles. The van der Waals surface area contributed by atoms with Crippen molar-refractivity contribution in [3.8, 4) is 0 Å². The summed E-state index contributed by atoms with van der Waals surface area (Å²) in [5.74, 6) is 0.510. The maximum atomic E-state index is 13.2. The summed E-state index contributed by atoms with van der Waals surface area (Å²) in [4.78, 5) is 18.6. The molecule has 2 N–H and O–H groups in total. The Hall–Kier alpha value is -2.93. The highest BCUT2D eigenvalue weighted by Gasteiger charge is 2.34. The van der Waals surface area contributed by atoms with Crippen LogP contribution in [0, 0.1) is 13.8 Å². The zero-order chi connectivity index (χ0) is 18.3. The molecule has 0 spiro atoms. The van der Waals surface area contributed by atoms with Crippen LogP contribution in [-0.4, -0.2) is 20.7 Å². The van der Waals surface area contributed by atoms with Crippen molar-refractivity contribution in [2.24, 2.45) is 0 Å². The minimum absolute atomic E-state index is 0.136. The Balaban J connectivity index is 1.78. The molecule has 1 aromatic carbocycles. The summed E-state index contributed by atoms with van der Waals surface area (Å²) in [6.45, 7) is 5.93. The van der Waals surface area contributed by atoms with Crippen molar-refractivity contribution in [3.63, 3.8) is 0 Å². The number of carbonyl (C=O) groups is 1. The molecule has 26 heavy (non-hydrogen) atoms. The molecular formula is C19H19N5OS. The summed E-state index contributed by atoms with van der Waals surface area (Å²) in [5.41, 5.74) is 4.40. The molecule has 0 bridgehead atoms. The van der Waals surface area contributed by atoms with Gasteiger partial charge in [-0.05, 0) is 49.4 Å². The van der Waals surface area contributed by atoms with E-state index in [0.717, 1.165) is 27.4 Å². The average molecular weight is 365 g/mol. The van der Waals surface area contributed by atoms with Crippen LogP contribution in [0.3, 0.4) is 0 Å². The first-order chi connectivity index (χ1) is 12.6. The summed E-state index contributed by atoms with van der Waals surface area (Å²) in [7, 11) is 0. The van der Waals surface area contributed by atoms with Crippen LogP contribution in [0.15, 0.2) is 53.3 Å². The first-order valence-corrected chi connectivity index (χ1v) is 9.22. The molecule has 0 radical (unpaired) electrons. The fourth-order valence-corrected chi connectivity index (χ4v) is 4.21. The van der Waals surface area contributed by atoms with Gasteiger partial charge in [-0.15, -0.1) is 11.3 Å². The SMILES string of the molecule is CC1=C(C(=O)Nc2ccccc2C)[C@@H](c2sccc2C)n2ncnc2N1. The molecule has 132 valence electrons. The average Bonchev–Trinajstić information content (AvgIpc) is 3.24. The van der Waals surface area contributed by atoms with Gasteiger partial charge in [0.15, 0.2) is 0 Å². The van der Waals surface area contributed by atoms with Crippen molar-refractivity contribution in [2.75, 3.05) is 10.6 Å². The maximum Gasteiger partial charge on any atom is 0.255 e. The van der Waals surface area contributed by atoms with Crippen LogP contribution < -0.4 is 10.6 Å². The highest BCUT2D eigenvalue weighted by Crippen LogP contribution is 2.38. The van der Waals surface area contributed by atoms with Crippen molar-refractivity contribution in [1.82, 2.24) is 14.8 Å². The Morgan fingerprint density at radius 3 is 2.73 bits per heavy atom. The second kappa shape index (κ2) is 6.42. The van der Waals surface area contributed by atoms with E-state index < -0.39 is 0 Å². The molecule has 4 rings (SSSR count). The number of thiophene rings is 1. The number of aryl methyl sites for hydroxylation is 2. The molecule has 3 heterocycles. The number of rotatable bonds is 3. The van der Waals surface area contributed by atoms with Gasteiger partial charge < -0.3 is 10.6 Å². The fraction of sp³-hybridized carbons (Fsp3) is 0.211. The quantitative estimate of drug-likeness (QED) is 0.739. The summed E-state index contributed by atoms with van der Waals surface area (Å²) in [6.07, 6.45) is 1.51. The second-order valence-electron chi connectivity index (χ2n) is 6.33. The van der Waals surface area contributed by atoms with E-state index in [-0.39, 0.29) is 11.9 Å². The van der Waals surface area contributed by atoms with E-state index in [0.29, 0.717) is 11.5 Å². The van der Waals surface area contributed by atoms with Gasteiger partial charge >= 0.3 is 0 Å². The molecular weight excluding hydrogens is 346 g/mol. The molecule has 1 atom stereocenters. The number of aromatic nitrogens is 3. The number of nitrogens with zero attached hydrogens (tertiary/aromatic N) is 3. The number of hydrogen-bond donors (Lipinski definition) is 2. The van der Waals surface area contributed by atoms with Crippen molar-refractivity contribution in [3.05, 3.63) is 69.3 Å². The van der Waals surface area contributed by atoms with Crippen LogP contribution in [0.25, 0.3) is 0 Å². The van der Waals surface area contributed by atoms with Crippen molar-refractivity contribution >= 4 is 28.9 Å². The molecule has 3 aromatic rings. The second-order valence-corrected chi connectivity index (χ2v) is 7.28. The molecule has 0 fully saturated rings. The van der Waals surface area contributed by atoms with Crippen LogP contribution in [0.2, 0.25) is 0 Å². The molecule has 1 aliphatic heterocycles. The van der Waals surface area contributed by atoms with E-state index >= 15 is 0 Å². The number of hydrogen-bond acceptors (Lipinski definition) is 5. The lowest BCUT2D eigenvalue weighted by molar-refractivity contribution is -0.113. The van der Waals surface area contributed by atoms with Crippen molar-refractivity contribution in [1.29, 1.82) is 0 Å². The van der Waals surface area contributed by atoms with E-state index in [9.17, 15) is 4.79 Å². The van der Waals surface area contributed by atoms with Gasteiger partial charge in [0, 0.05) is 16.3 Å². The van der Waals surface area contributed by atoms with Gasteiger partial charge in [-0.1, -0.05) is 18.2 Å². The topological polar surface area (TPSA) is 71.8 Å². The van der Waals surface area contributed by atoms with Crippen LogP contribution >= 0.6 is 11.3 Å². The van der Waals surface area contributed by atoms with E-state index in [1.54, 1.807) is 16.0 Å². The molecule has 6 nitrogen and oxygen atoms in total. The normalized spacial score (nSPS) is 16.2. The molecule has 0 aliphatic carbocycles. The van der Waals surface area contributed by atoms with Crippen LogP contribution in [0.1, 0.15) is 29.0 Å². The number of allylic oxidation sites excluding steroid dienone is 1. The number of benzene rings is 1. The summed E-state index contributed by atoms with van der Waals surface area (Å²) in [5, 5.41) is 12.6. The highest BCUT2D eigenvalue weighted by molar-refractivity contribution is 7.10. The molecule has 1 amide bonds. The Morgan fingerprint density at radius 1 is 1.19 bits per heavy atom. The molecule has 0 saturated heterocycles. The van der Waals surface area contributed by atoms with Gasteiger partial charge in [0.2, 0.25) is 5.95 Å². The van der Waals surface area contributed by atoms with Gasteiger partial charge in [-0.25, -0.2) is 4.68 Å². The number of carbonyl (C=O) groups excluding carboxylic acids is 1. The highest BCUT2D eigenvalue weighted by atomic mass is 32.1. The molecule has 7 heteroatoms. The number of amides is 1.